The van der Waals surface area contributed by atoms with E-state index in [9.17, 15) is 14.4 Å². The predicted octanol–water partition coefficient (Wildman–Crippen LogP) is 3.62. The average molecular weight is 440 g/mol. The van der Waals surface area contributed by atoms with Crippen molar-refractivity contribution in [1.82, 2.24) is 10.6 Å². The van der Waals surface area contributed by atoms with Gasteiger partial charge in [-0.25, -0.2) is 4.79 Å². The first-order chi connectivity index (χ1) is 16.1. The summed E-state index contributed by atoms with van der Waals surface area (Å²) < 4.78 is 4.96. The Morgan fingerprint density at radius 2 is 1.39 bits per heavy atom. The molecule has 0 aromatic heterocycles. The quantitative estimate of drug-likeness (QED) is 0.340. The molecule has 0 saturated carbocycles. The van der Waals surface area contributed by atoms with Gasteiger partial charge in [0, 0.05) is 12.0 Å². The second-order valence-electron chi connectivity index (χ2n) is 7.69. The van der Waals surface area contributed by atoms with Crippen LogP contribution in [0.4, 0.5) is 0 Å². The van der Waals surface area contributed by atoms with Crippen LogP contribution in [-0.2, 0) is 20.7 Å². The monoisotopic (exact) mass is 440 g/mol. The highest BCUT2D eigenvalue weighted by Crippen LogP contribution is 2.29. The van der Waals surface area contributed by atoms with Gasteiger partial charge in [0.25, 0.3) is 5.91 Å². The average Bonchev–Trinajstić information content (AvgIpc) is 2.86. The van der Waals surface area contributed by atoms with Crippen LogP contribution in [-0.4, -0.2) is 37.5 Å². The zero-order valence-corrected chi connectivity index (χ0v) is 18.2. The number of rotatable bonds is 7. The number of amides is 2. The van der Waals surface area contributed by atoms with Crippen molar-refractivity contribution in [3.8, 4) is 0 Å². The van der Waals surface area contributed by atoms with Crippen LogP contribution < -0.4 is 10.6 Å². The van der Waals surface area contributed by atoms with E-state index in [1.807, 2.05) is 48.5 Å². The zero-order valence-electron chi connectivity index (χ0n) is 18.2. The van der Waals surface area contributed by atoms with Crippen LogP contribution in [0.25, 0.3) is 21.5 Å². The Labute approximate surface area is 191 Å². The highest BCUT2D eigenvalue weighted by atomic mass is 16.5. The number of hydrogen-bond donors (Lipinski definition) is 2. The maximum atomic E-state index is 12.6. The van der Waals surface area contributed by atoms with Crippen LogP contribution in [0.5, 0.6) is 0 Å². The molecule has 166 valence electrons. The lowest BCUT2D eigenvalue weighted by molar-refractivity contribution is -0.144. The van der Waals surface area contributed by atoms with E-state index in [4.69, 9.17) is 4.74 Å². The number of carbonyl (C=O) groups excluding carboxylic acids is 3. The third kappa shape index (κ3) is 5.01. The van der Waals surface area contributed by atoms with Crippen molar-refractivity contribution >= 4 is 39.3 Å². The minimum absolute atomic E-state index is 0.252. The topological polar surface area (TPSA) is 84.5 Å². The van der Waals surface area contributed by atoms with Gasteiger partial charge < -0.3 is 15.4 Å². The van der Waals surface area contributed by atoms with Gasteiger partial charge in [0.2, 0.25) is 5.91 Å². The van der Waals surface area contributed by atoms with Crippen molar-refractivity contribution in [3.05, 3.63) is 96.1 Å². The van der Waals surface area contributed by atoms with Gasteiger partial charge in [-0.2, -0.15) is 0 Å². The van der Waals surface area contributed by atoms with Crippen molar-refractivity contribution in [2.75, 3.05) is 13.7 Å². The molecule has 0 unspecified atom stereocenters. The van der Waals surface area contributed by atoms with E-state index in [-0.39, 0.29) is 18.9 Å². The van der Waals surface area contributed by atoms with Crippen molar-refractivity contribution in [2.24, 2.45) is 0 Å². The molecule has 4 aromatic rings. The molecule has 0 aliphatic heterocycles. The molecule has 0 heterocycles. The van der Waals surface area contributed by atoms with Gasteiger partial charge in [-0.3, -0.25) is 9.59 Å². The fourth-order valence-corrected chi connectivity index (χ4v) is 3.97. The Kier molecular flexibility index (Phi) is 6.64. The summed E-state index contributed by atoms with van der Waals surface area (Å²) in [5.41, 5.74) is 1.41. The summed E-state index contributed by atoms with van der Waals surface area (Å²) in [6, 6.07) is 25.7. The van der Waals surface area contributed by atoms with Crippen LogP contribution in [0.1, 0.15) is 15.9 Å². The summed E-state index contributed by atoms with van der Waals surface area (Å²) in [7, 11) is 1.29. The Bertz CT molecular complexity index is 1260. The van der Waals surface area contributed by atoms with Crippen molar-refractivity contribution in [2.45, 2.75) is 12.5 Å². The summed E-state index contributed by atoms with van der Waals surface area (Å²) in [6.07, 6.45) is 0.257. The molecule has 0 radical (unpaired) electrons. The molecule has 0 spiro atoms. The SMILES string of the molecule is COC(=O)[C@@H](Cc1c2ccccc2cc2ccccc12)NC(=O)CNC(=O)c1ccccc1. The highest BCUT2D eigenvalue weighted by molar-refractivity contribution is 6.03. The second-order valence-corrected chi connectivity index (χ2v) is 7.69. The van der Waals surface area contributed by atoms with Gasteiger partial charge in [0.15, 0.2) is 0 Å². The third-order valence-corrected chi connectivity index (χ3v) is 5.56. The molecule has 0 aliphatic carbocycles. The summed E-state index contributed by atoms with van der Waals surface area (Å²) in [6.45, 7) is -0.252. The van der Waals surface area contributed by atoms with Crippen molar-refractivity contribution < 1.29 is 19.1 Å². The number of nitrogens with one attached hydrogen (secondary N) is 2. The molecule has 4 aromatic carbocycles. The second kappa shape index (κ2) is 9.96. The largest absolute Gasteiger partial charge is 0.467 e. The number of carbonyl (C=O) groups is 3. The third-order valence-electron chi connectivity index (χ3n) is 5.56. The Hall–Kier alpha value is -4.19. The summed E-state index contributed by atoms with van der Waals surface area (Å²) >= 11 is 0. The fourth-order valence-electron chi connectivity index (χ4n) is 3.97. The van der Waals surface area contributed by atoms with Crippen LogP contribution in [0.15, 0.2) is 84.9 Å². The first-order valence-corrected chi connectivity index (χ1v) is 10.7. The molecule has 1 atom stereocenters. The Morgan fingerprint density at radius 3 is 2.00 bits per heavy atom. The summed E-state index contributed by atoms with van der Waals surface area (Å²) in [5.74, 6) is -1.38. The van der Waals surface area contributed by atoms with Crippen molar-refractivity contribution in [3.63, 3.8) is 0 Å². The molecule has 33 heavy (non-hydrogen) atoms. The lowest BCUT2D eigenvalue weighted by Gasteiger charge is -2.19. The molecule has 0 fully saturated rings. The first-order valence-electron chi connectivity index (χ1n) is 10.7. The standard InChI is InChI=1S/C27H24N2O4/c1-33-27(32)24(29-25(30)17-28-26(31)18-9-3-2-4-10-18)16-23-21-13-7-5-11-19(21)15-20-12-6-8-14-22(20)23/h2-15,24H,16-17H2,1H3,(H,28,31)(H,29,30)/t24-/m1/s1. The number of hydrogen-bond acceptors (Lipinski definition) is 4. The molecule has 6 nitrogen and oxygen atoms in total. The number of benzene rings is 4. The maximum Gasteiger partial charge on any atom is 0.328 e. The molecular weight excluding hydrogens is 416 g/mol. The van der Waals surface area contributed by atoms with Crippen LogP contribution in [0.3, 0.4) is 0 Å². The molecule has 0 saturated heterocycles. The molecular formula is C27H24N2O4. The number of fused-ring (bicyclic) bond motifs is 2. The lowest BCUT2D eigenvalue weighted by Crippen LogP contribution is -2.47. The smallest absolute Gasteiger partial charge is 0.328 e. The normalized spacial score (nSPS) is 11.7. The van der Waals surface area contributed by atoms with Gasteiger partial charge in [-0.15, -0.1) is 0 Å². The molecule has 6 heteroatoms. The lowest BCUT2D eigenvalue weighted by atomic mass is 9.92. The van der Waals surface area contributed by atoms with E-state index in [1.165, 1.54) is 7.11 Å². The van der Waals surface area contributed by atoms with Crippen LogP contribution >= 0.6 is 0 Å². The first kappa shape index (κ1) is 22.0. The highest BCUT2D eigenvalue weighted by Gasteiger charge is 2.24. The van der Waals surface area contributed by atoms with Crippen molar-refractivity contribution in [1.29, 1.82) is 0 Å². The van der Waals surface area contributed by atoms with Gasteiger partial charge in [0.1, 0.15) is 6.04 Å². The molecule has 4 rings (SSSR count). The Morgan fingerprint density at radius 1 is 0.818 bits per heavy atom. The van der Waals surface area contributed by atoms with E-state index < -0.39 is 17.9 Å². The van der Waals surface area contributed by atoms with Gasteiger partial charge in [0.05, 0.1) is 13.7 Å². The number of esters is 1. The zero-order chi connectivity index (χ0) is 23.2. The van der Waals surface area contributed by atoms with Gasteiger partial charge in [-0.05, 0) is 45.3 Å². The molecule has 0 bridgehead atoms. The van der Waals surface area contributed by atoms with E-state index >= 15 is 0 Å². The van der Waals surface area contributed by atoms with E-state index in [2.05, 4.69) is 16.7 Å². The molecule has 0 aliphatic rings. The van der Waals surface area contributed by atoms with Crippen LogP contribution in [0.2, 0.25) is 0 Å². The van der Waals surface area contributed by atoms with Gasteiger partial charge in [-0.1, -0.05) is 66.7 Å². The summed E-state index contributed by atoms with van der Waals surface area (Å²) in [5, 5.41) is 9.43. The number of methoxy groups -OCH3 is 1. The predicted molar refractivity (Wildman–Crippen MR) is 128 cm³/mol. The Balaban J connectivity index is 1.56. The van der Waals surface area contributed by atoms with E-state index in [0.29, 0.717) is 5.56 Å². The van der Waals surface area contributed by atoms with E-state index in [0.717, 1.165) is 27.1 Å². The minimum atomic E-state index is -0.898. The molecule has 2 N–H and O–H groups in total. The minimum Gasteiger partial charge on any atom is -0.467 e. The molecule has 2 amide bonds. The number of ether oxygens (including phenoxy) is 1. The fraction of sp³-hybridized carbons (Fsp3) is 0.148. The maximum absolute atomic E-state index is 12.6. The van der Waals surface area contributed by atoms with Crippen LogP contribution in [0, 0.1) is 0 Å². The van der Waals surface area contributed by atoms with Gasteiger partial charge >= 0.3 is 5.97 Å². The van der Waals surface area contributed by atoms with E-state index in [1.54, 1.807) is 30.3 Å². The summed E-state index contributed by atoms with van der Waals surface area (Å²) in [4.78, 5) is 37.4.